The van der Waals surface area contributed by atoms with E-state index in [1.54, 1.807) is 6.92 Å². The van der Waals surface area contributed by atoms with Crippen LogP contribution in [0.5, 0.6) is 0 Å². The molecule has 0 aliphatic rings. The van der Waals surface area contributed by atoms with Gasteiger partial charge in [0.15, 0.2) is 0 Å². The molecule has 0 aliphatic heterocycles. The number of aliphatic hydroxyl groups is 1. The van der Waals surface area contributed by atoms with E-state index in [0.717, 1.165) is 5.56 Å². The standard InChI is InChI=1S/C14H15N3O2/c1-14(9-18,12-5-3-2-4-6-12)17-13(19)11-7-15-10-16-8-11/h2-8,10,18H,9H2,1H3,(H,17,19). The summed E-state index contributed by atoms with van der Waals surface area (Å²) in [6, 6.07) is 9.33. The van der Waals surface area contributed by atoms with Crippen LogP contribution in [0.2, 0.25) is 0 Å². The number of aromatic nitrogens is 2. The van der Waals surface area contributed by atoms with E-state index in [0.29, 0.717) is 5.56 Å². The zero-order valence-corrected chi connectivity index (χ0v) is 10.6. The van der Waals surface area contributed by atoms with Crippen molar-refractivity contribution in [1.29, 1.82) is 0 Å². The molecule has 0 saturated heterocycles. The van der Waals surface area contributed by atoms with Gasteiger partial charge in [0.25, 0.3) is 5.91 Å². The van der Waals surface area contributed by atoms with Crippen LogP contribution in [0.4, 0.5) is 0 Å². The molecule has 1 amide bonds. The van der Waals surface area contributed by atoms with Crippen molar-refractivity contribution >= 4 is 5.91 Å². The number of rotatable bonds is 4. The Labute approximate surface area is 111 Å². The summed E-state index contributed by atoms with van der Waals surface area (Å²) in [5.41, 5.74) is 0.356. The van der Waals surface area contributed by atoms with Gasteiger partial charge < -0.3 is 10.4 Å². The Morgan fingerprint density at radius 3 is 2.47 bits per heavy atom. The van der Waals surface area contributed by atoms with Gasteiger partial charge in [-0.15, -0.1) is 0 Å². The number of benzene rings is 1. The first-order valence-electron chi connectivity index (χ1n) is 5.89. The molecule has 1 aromatic heterocycles. The van der Waals surface area contributed by atoms with Crippen LogP contribution in [-0.2, 0) is 5.54 Å². The normalized spacial score (nSPS) is 13.6. The lowest BCUT2D eigenvalue weighted by Crippen LogP contribution is -2.46. The number of nitrogens with one attached hydrogen (secondary N) is 1. The van der Waals surface area contributed by atoms with Gasteiger partial charge in [-0.05, 0) is 12.5 Å². The summed E-state index contributed by atoms with van der Waals surface area (Å²) in [6.45, 7) is 1.57. The topological polar surface area (TPSA) is 75.1 Å². The van der Waals surface area contributed by atoms with Gasteiger partial charge in [0.2, 0.25) is 0 Å². The van der Waals surface area contributed by atoms with Gasteiger partial charge in [-0.3, -0.25) is 4.79 Å². The average Bonchev–Trinajstić information content (AvgIpc) is 2.49. The Hall–Kier alpha value is -2.27. The van der Waals surface area contributed by atoms with Crippen LogP contribution in [0, 0.1) is 0 Å². The van der Waals surface area contributed by atoms with Crippen LogP contribution in [0.25, 0.3) is 0 Å². The van der Waals surface area contributed by atoms with Crippen LogP contribution in [0.1, 0.15) is 22.8 Å². The Morgan fingerprint density at radius 1 is 1.26 bits per heavy atom. The van der Waals surface area contributed by atoms with Crippen molar-refractivity contribution in [3.63, 3.8) is 0 Å². The summed E-state index contributed by atoms with van der Waals surface area (Å²) in [4.78, 5) is 19.7. The second-order valence-corrected chi connectivity index (χ2v) is 4.44. The SMILES string of the molecule is CC(CO)(NC(=O)c1cncnc1)c1ccccc1. The molecule has 0 radical (unpaired) electrons. The fourth-order valence-corrected chi connectivity index (χ4v) is 1.75. The quantitative estimate of drug-likeness (QED) is 0.860. The summed E-state index contributed by atoms with van der Waals surface area (Å²) >= 11 is 0. The van der Waals surface area contributed by atoms with Crippen LogP contribution in [0.3, 0.4) is 0 Å². The van der Waals surface area contributed by atoms with Gasteiger partial charge in [-0.25, -0.2) is 9.97 Å². The molecule has 98 valence electrons. The minimum atomic E-state index is -0.839. The maximum atomic E-state index is 12.1. The summed E-state index contributed by atoms with van der Waals surface area (Å²) in [5, 5.41) is 12.4. The molecule has 0 saturated carbocycles. The van der Waals surface area contributed by atoms with Crippen molar-refractivity contribution in [2.75, 3.05) is 6.61 Å². The average molecular weight is 257 g/mol. The highest BCUT2D eigenvalue weighted by Gasteiger charge is 2.28. The number of hydrogen-bond donors (Lipinski definition) is 2. The van der Waals surface area contributed by atoms with E-state index in [1.807, 2.05) is 30.3 Å². The zero-order chi connectivity index (χ0) is 13.7. The maximum Gasteiger partial charge on any atom is 0.255 e. The third-order valence-electron chi connectivity index (χ3n) is 2.94. The lowest BCUT2D eigenvalue weighted by molar-refractivity contribution is 0.0849. The summed E-state index contributed by atoms with van der Waals surface area (Å²) in [6.07, 6.45) is 4.23. The number of carbonyl (C=O) groups excluding carboxylic acids is 1. The van der Waals surface area contributed by atoms with Gasteiger partial charge in [-0.2, -0.15) is 0 Å². The molecule has 2 aromatic rings. The molecule has 0 spiro atoms. The predicted molar refractivity (Wildman–Crippen MR) is 70.4 cm³/mol. The van der Waals surface area contributed by atoms with E-state index >= 15 is 0 Å². The highest BCUT2D eigenvalue weighted by atomic mass is 16.3. The van der Waals surface area contributed by atoms with Crippen molar-refractivity contribution < 1.29 is 9.90 Å². The number of nitrogens with zero attached hydrogens (tertiary/aromatic N) is 2. The molecule has 0 fully saturated rings. The van der Waals surface area contributed by atoms with Crippen molar-refractivity contribution in [2.45, 2.75) is 12.5 Å². The monoisotopic (exact) mass is 257 g/mol. The molecule has 2 N–H and O–H groups in total. The Kier molecular flexibility index (Phi) is 3.87. The number of carbonyl (C=O) groups is 1. The van der Waals surface area contributed by atoms with Crippen molar-refractivity contribution in [3.8, 4) is 0 Å². The molecule has 2 rings (SSSR count). The molecular weight excluding hydrogens is 242 g/mol. The summed E-state index contributed by atoms with van der Waals surface area (Å²) < 4.78 is 0. The molecular formula is C14H15N3O2. The molecule has 1 unspecified atom stereocenters. The molecule has 1 heterocycles. The van der Waals surface area contributed by atoms with Gasteiger partial charge >= 0.3 is 0 Å². The van der Waals surface area contributed by atoms with Crippen LogP contribution in [-0.4, -0.2) is 27.6 Å². The van der Waals surface area contributed by atoms with Gasteiger partial charge in [0.1, 0.15) is 6.33 Å². The minimum absolute atomic E-state index is 0.198. The molecule has 1 atom stereocenters. The van der Waals surface area contributed by atoms with E-state index in [1.165, 1.54) is 18.7 Å². The largest absolute Gasteiger partial charge is 0.394 e. The fraction of sp³-hybridized carbons (Fsp3) is 0.214. The van der Waals surface area contributed by atoms with E-state index in [2.05, 4.69) is 15.3 Å². The predicted octanol–water partition coefficient (Wildman–Crippen LogP) is 1.11. The summed E-state index contributed by atoms with van der Waals surface area (Å²) in [7, 11) is 0. The fourth-order valence-electron chi connectivity index (χ4n) is 1.75. The Bertz CT molecular complexity index is 545. The smallest absolute Gasteiger partial charge is 0.255 e. The van der Waals surface area contributed by atoms with E-state index in [-0.39, 0.29) is 12.5 Å². The zero-order valence-electron chi connectivity index (χ0n) is 10.6. The Balaban J connectivity index is 2.22. The first kappa shape index (κ1) is 13.2. The first-order chi connectivity index (χ1) is 9.15. The molecule has 5 nitrogen and oxygen atoms in total. The molecule has 19 heavy (non-hydrogen) atoms. The van der Waals surface area contributed by atoms with Gasteiger partial charge in [-0.1, -0.05) is 30.3 Å². The summed E-state index contributed by atoms with van der Waals surface area (Å²) in [5.74, 6) is -0.319. The Morgan fingerprint density at radius 2 is 1.89 bits per heavy atom. The highest BCUT2D eigenvalue weighted by Crippen LogP contribution is 2.20. The third kappa shape index (κ3) is 2.95. The number of hydrogen-bond acceptors (Lipinski definition) is 4. The van der Waals surface area contributed by atoms with Crippen molar-refractivity contribution in [2.24, 2.45) is 0 Å². The maximum absolute atomic E-state index is 12.1. The molecule has 5 heteroatoms. The highest BCUT2D eigenvalue weighted by molar-refractivity contribution is 5.94. The lowest BCUT2D eigenvalue weighted by Gasteiger charge is -2.29. The van der Waals surface area contributed by atoms with Gasteiger partial charge in [0.05, 0.1) is 17.7 Å². The van der Waals surface area contributed by atoms with Crippen LogP contribution in [0.15, 0.2) is 49.1 Å². The van der Waals surface area contributed by atoms with E-state index in [9.17, 15) is 9.90 Å². The van der Waals surface area contributed by atoms with Crippen molar-refractivity contribution in [3.05, 3.63) is 60.2 Å². The molecule has 0 aliphatic carbocycles. The molecule has 1 aromatic carbocycles. The van der Waals surface area contributed by atoms with Gasteiger partial charge in [0, 0.05) is 12.4 Å². The van der Waals surface area contributed by atoms with Crippen molar-refractivity contribution in [1.82, 2.24) is 15.3 Å². The lowest BCUT2D eigenvalue weighted by atomic mass is 9.92. The first-order valence-corrected chi connectivity index (χ1v) is 5.89. The second-order valence-electron chi connectivity index (χ2n) is 4.44. The third-order valence-corrected chi connectivity index (χ3v) is 2.94. The van der Waals surface area contributed by atoms with E-state index < -0.39 is 5.54 Å². The second kappa shape index (κ2) is 5.58. The molecule has 0 bridgehead atoms. The van der Waals surface area contributed by atoms with Crippen LogP contribution >= 0.6 is 0 Å². The number of amides is 1. The van der Waals surface area contributed by atoms with E-state index in [4.69, 9.17) is 0 Å². The minimum Gasteiger partial charge on any atom is -0.394 e. The van der Waals surface area contributed by atoms with Crippen LogP contribution < -0.4 is 5.32 Å². The number of aliphatic hydroxyl groups excluding tert-OH is 1.